The Morgan fingerprint density at radius 1 is 1.07 bits per heavy atom. The summed E-state index contributed by atoms with van der Waals surface area (Å²) < 4.78 is 23.3. The smallest absolute Gasteiger partial charge is 0.175 e. The summed E-state index contributed by atoms with van der Waals surface area (Å²) in [4.78, 5) is 6.46. The van der Waals surface area contributed by atoms with E-state index >= 15 is 0 Å². The molecule has 2 heterocycles. The molecular formula is C22H26N2O2S. The van der Waals surface area contributed by atoms with E-state index in [0.717, 1.165) is 29.6 Å². The zero-order valence-electron chi connectivity index (χ0n) is 15.9. The molecule has 4 nitrogen and oxygen atoms in total. The lowest BCUT2D eigenvalue weighted by atomic mass is 10.0. The van der Waals surface area contributed by atoms with Crippen molar-refractivity contribution in [2.24, 2.45) is 0 Å². The fourth-order valence-electron chi connectivity index (χ4n) is 3.99. The topological polar surface area (TPSA) is 53.2 Å². The Kier molecular flexibility index (Phi) is 4.82. The van der Waals surface area contributed by atoms with Crippen molar-refractivity contribution in [1.82, 2.24) is 9.88 Å². The Bertz CT molecular complexity index is 1050. The van der Waals surface area contributed by atoms with E-state index in [1.165, 1.54) is 36.7 Å². The van der Waals surface area contributed by atoms with Gasteiger partial charge in [-0.1, -0.05) is 18.2 Å². The molecule has 27 heavy (non-hydrogen) atoms. The molecule has 1 fully saturated rings. The van der Waals surface area contributed by atoms with Gasteiger partial charge in [-0.2, -0.15) is 0 Å². The summed E-state index contributed by atoms with van der Waals surface area (Å²) in [6.45, 7) is 4.64. The van der Waals surface area contributed by atoms with E-state index in [1.54, 1.807) is 12.1 Å². The summed E-state index contributed by atoms with van der Waals surface area (Å²) in [5.41, 5.74) is 4.55. The Hall–Kier alpha value is -2.11. The van der Waals surface area contributed by atoms with Crippen molar-refractivity contribution in [3.63, 3.8) is 0 Å². The number of benzene rings is 2. The van der Waals surface area contributed by atoms with Crippen LogP contribution in [0.4, 0.5) is 0 Å². The number of nitrogens with one attached hydrogen (secondary N) is 1. The number of nitrogens with zero attached hydrogens (tertiary/aromatic N) is 1. The number of aromatic nitrogens is 1. The molecular weight excluding hydrogens is 356 g/mol. The first-order chi connectivity index (χ1) is 12.9. The number of hydrogen-bond acceptors (Lipinski definition) is 3. The molecule has 0 radical (unpaired) electrons. The van der Waals surface area contributed by atoms with Crippen molar-refractivity contribution in [1.29, 1.82) is 0 Å². The molecule has 142 valence electrons. The van der Waals surface area contributed by atoms with Crippen molar-refractivity contribution >= 4 is 20.7 Å². The molecule has 1 atom stereocenters. The van der Waals surface area contributed by atoms with Gasteiger partial charge in [0.15, 0.2) is 9.84 Å². The van der Waals surface area contributed by atoms with Crippen molar-refractivity contribution in [2.75, 3.05) is 19.3 Å². The summed E-state index contributed by atoms with van der Waals surface area (Å²) >= 11 is 0. The van der Waals surface area contributed by atoms with Crippen LogP contribution in [0.2, 0.25) is 0 Å². The summed E-state index contributed by atoms with van der Waals surface area (Å²) in [7, 11) is -3.16. The van der Waals surface area contributed by atoms with E-state index in [0.29, 0.717) is 10.9 Å². The van der Waals surface area contributed by atoms with Gasteiger partial charge >= 0.3 is 0 Å². The Labute approximate surface area is 161 Å². The third-order valence-electron chi connectivity index (χ3n) is 5.65. The fourth-order valence-corrected chi connectivity index (χ4v) is 4.62. The predicted octanol–water partition coefficient (Wildman–Crippen LogP) is 4.27. The zero-order chi connectivity index (χ0) is 19.0. The van der Waals surface area contributed by atoms with Crippen molar-refractivity contribution < 1.29 is 8.42 Å². The van der Waals surface area contributed by atoms with Gasteiger partial charge in [0.2, 0.25) is 0 Å². The SMILES string of the molecule is C[C@@H]1CCCN1CCc1cc2cc(-c3ccc(S(C)(=O)=O)cc3)ccc2[nH]1. The molecule has 0 unspecified atom stereocenters. The highest BCUT2D eigenvalue weighted by Crippen LogP contribution is 2.26. The molecule has 1 N–H and O–H groups in total. The number of likely N-dealkylation sites (tertiary alicyclic amines) is 1. The van der Waals surface area contributed by atoms with Crippen LogP contribution >= 0.6 is 0 Å². The van der Waals surface area contributed by atoms with Crippen LogP contribution in [0.1, 0.15) is 25.5 Å². The first-order valence-electron chi connectivity index (χ1n) is 9.56. The summed E-state index contributed by atoms with van der Waals surface area (Å²) in [6, 6.07) is 16.4. The average molecular weight is 383 g/mol. The molecule has 3 aromatic rings. The maximum atomic E-state index is 11.6. The van der Waals surface area contributed by atoms with Crippen LogP contribution in [0.15, 0.2) is 53.4 Å². The zero-order valence-corrected chi connectivity index (χ0v) is 16.7. The first-order valence-corrected chi connectivity index (χ1v) is 11.5. The monoisotopic (exact) mass is 382 g/mol. The quantitative estimate of drug-likeness (QED) is 0.717. The van der Waals surface area contributed by atoms with E-state index in [-0.39, 0.29) is 0 Å². The van der Waals surface area contributed by atoms with Gasteiger partial charge in [-0.3, -0.25) is 0 Å². The third kappa shape index (κ3) is 3.94. The molecule has 1 aliphatic heterocycles. The van der Waals surface area contributed by atoms with Gasteiger partial charge in [0, 0.05) is 41.9 Å². The van der Waals surface area contributed by atoms with Gasteiger partial charge in [0.1, 0.15) is 0 Å². The first kappa shape index (κ1) is 18.3. The van der Waals surface area contributed by atoms with Crippen LogP contribution in [-0.2, 0) is 16.3 Å². The van der Waals surface area contributed by atoms with Crippen molar-refractivity contribution in [2.45, 2.75) is 37.1 Å². The van der Waals surface area contributed by atoms with Crippen molar-refractivity contribution in [3.05, 3.63) is 54.2 Å². The maximum Gasteiger partial charge on any atom is 0.175 e. The van der Waals surface area contributed by atoms with Gasteiger partial charge < -0.3 is 9.88 Å². The van der Waals surface area contributed by atoms with E-state index < -0.39 is 9.84 Å². The van der Waals surface area contributed by atoms with Gasteiger partial charge in [-0.25, -0.2) is 8.42 Å². The predicted molar refractivity (Wildman–Crippen MR) is 111 cm³/mol. The second-order valence-electron chi connectivity index (χ2n) is 7.67. The number of H-pyrrole nitrogens is 1. The highest BCUT2D eigenvalue weighted by atomic mass is 32.2. The van der Waals surface area contributed by atoms with Crippen LogP contribution in [-0.4, -0.2) is 43.7 Å². The number of rotatable bonds is 5. The summed E-state index contributed by atoms with van der Waals surface area (Å²) in [5, 5.41) is 1.20. The number of fused-ring (bicyclic) bond motifs is 1. The largest absolute Gasteiger partial charge is 0.358 e. The van der Waals surface area contributed by atoms with Crippen LogP contribution in [0.25, 0.3) is 22.0 Å². The minimum atomic E-state index is -3.16. The van der Waals surface area contributed by atoms with Crippen LogP contribution in [0.3, 0.4) is 0 Å². The van der Waals surface area contributed by atoms with Crippen LogP contribution in [0, 0.1) is 0 Å². The standard InChI is InChI=1S/C22H26N2O2S/c1-16-4-3-12-24(16)13-11-20-15-19-14-18(7-10-22(19)23-20)17-5-8-21(9-6-17)27(2,25)26/h5-10,14-16,23H,3-4,11-13H2,1-2H3/t16-/m1/s1. The van der Waals surface area contributed by atoms with E-state index in [2.05, 4.69) is 41.1 Å². The lowest BCUT2D eigenvalue weighted by Gasteiger charge is -2.20. The highest BCUT2D eigenvalue weighted by molar-refractivity contribution is 7.90. The van der Waals surface area contributed by atoms with Crippen LogP contribution in [0.5, 0.6) is 0 Å². The maximum absolute atomic E-state index is 11.6. The lowest BCUT2D eigenvalue weighted by Crippen LogP contribution is -2.29. The van der Waals surface area contributed by atoms with Gasteiger partial charge in [0.05, 0.1) is 4.90 Å². The second kappa shape index (κ2) is 7.13. The van der Waals surface area contributed by atoms with Gasteiger partial charge in [0.25, 0.3) is 0 Å². The van der Waals surface area contributed by atoms with E-state index in [1.807, 2.05) is 12.1 Å². The second-order valence-corrected chi connectivity index (χ2v) is 9.69. The molecule has 5 heteroatoms. The number of hydrogen-bond donors (Lipinski definition) is 1. The minimum Gasteiger partial charge on any atom is -0.358 e. The molecule has 0 spiro atoms. The molecule has 1 saturated heterocycles. The molecule has 1 aromatic heterocycles. The minimum absolute atomic E-state index is 0.354. The van der Waals surface area contributed by atoms with E-state index in [9.17, 15) is 8.42 Å². The van der Waals surface area contributed by atoms with Crippen molar-refractivity contribution in [3.8, 4) is 11.1 Å². The molecule has 4 rings (SSSR count). The summed E-state index contributed by atoms with van der Waals surface area (Å²) in [5.74, 6) is 0. The number of sulfone groups is 1. The average Bonchev–Trinajstić information content (AvgIpc) is 3.24. The molecule has 1 aliphatic rings. The molecule has 0 bridgehead atoms. The van der Waals surface area contributed by atoms with Gasteiger partial charge in [-0.15, -0.1) is 0 Å². The lowest BCUT2D eigenvalue weighted by molar-refractivity contribution is 0.271. The Morgan fingerprint density at radius 2 is 1.81 bits per heavy atom. The molecule has 0 saturated carbocycles. The third-order valence-corrected chi connectivity index (χ3v) is 6.78. The summed E-state index contributed by atoms with van der Waals surface area (Å²) in [6.07, 6.45) is 4.90. The molecule has 0 aliphatic carbocycles. The molecule has 0 amide bonds. The normalized spacial score (nSPS) is 18.4. The molecule has 2 aromatic carbocycles. The van der Waals surface area contributed by atoms with Gasteiger partial charge in [-0.05, 0) is 67.8 Å². The Balaban J connectivity index is 1.53. The Morgan fingerprint density at radius 3 is 2.48 bits per heavy atom. The van der Waals surface area contributed by atoms with Crippen LogP contribution < -0.4 is 0 Å². The fraction of sp³-hybridized carbons (Fsp3) is 0.364. The number of aromatic amines is 1. The van der Waals surface area contributed by atoms with E-state index in [4.69, 9.17) is 0 Å². The highest BCUT2D eigenvalue weighted by Gasteiger charge is 2.19.